The molecule has 1 fully saturated rings. The Hall–Kier alpha value is -1.43. The standard InChI is InChI=1S/C15H20N4O.ClH/c1-10-4-5-11(2)12(8-10)15-17-14(18-20-15)13-9-16-6-7-19(13)3;/h4-5,8,13,16H,6-7,9H2,1-3H3;1H. The summed E-state index contributed by atoms with van der Waals surface area (Å²) in [5.74, 6) is 1.37. The monoisotopic (exact) mass is 308 g/mol. The van der Waals surface area contributed by atoms with E-state index in [0.29, 0.717) is 5.89 Å². The molecular formula is C15H21ClN4O. The van der Waals surface area contributed by atoms with E-state index in [-0.39, 0.29) is 18.4 Å². The molecule has 0 aliphatic carbocycles. The quantitative estimate of drug-likeness (QED) is 0.923. The molecule has 0 radical (unpaired) electrons. The fourth-order valence-corrected chi connectivity index (χ4v) is 2.54. The Kier molecular flexibility index (Phi) is 4.98. The number of benzene rings is 1. The zero-order valence-corrected chi connectivity index (χ0v) is 13.4. The highest BCUT2D eigenvalue weighted by Crippen LogP contribution is 2.25. The maximum absolute atomic E-state index is 5.47. The van der Waals surface area contributed by atoms with Crippen molar-refractivity contribution in [2.24, 2.45) is 0 Å². The molecule has 0 bridgehead atoms. The molecule has 1 atom stereocenters. The lowest BCUT2D eigenvalue weighted by atomic mass is 10.1. The summed E-state index contributed by atoms with van der Waals surface area (Å²) >= 11 is 0. The summed E-state index contributed by atoms with van der Waals surface area (Å²) in [7, 11) is 2.10. The van der Waals surface area contributed by atoms with Crippen molar-refractivity contribution >= 4 is 12.4 Å². The summed E-state index contributed by atoms with van der Waals surface area (Å²) in [6, 6.07) is 6.46. The minimum Gasteiger partial charge on any atom is -0.334 e. The molecule has 2 heterocycles. The zero-order valence-electron chi connectivity index (χ0n) is 12.6. The van der Waals surface area contributed by atoms with Gasteiger partial charge < -0.3 is 9.84 Å². The molecule has 6 heteroatoms. The van der Waals surface area contributed by atoms with Crippen molar-refractivity contribution in [1.82, 2.24) is 20.4 Å². The van der Waals surface area contributed by atoms with Gasteiger partial charge in [-0.3, -0.25) is 4.90 Å². The van der Waals surface area contributed by atoms with Gasteiger partial charge in [-0.25, -0.2) is 0 Å². The van der Waals surface area contributed by atoms with Crippen molar-refractivity contribution in [2.75, 3.05) is 26.7 Å². The van der Waals surface area contributed by atoms with Gasteiger partial charge in [0.1, 0.15) is 0 Å². The lowest BCUT2D eigenvalue weighted by molar-refractivity contribution is 0.190. The second kappa shape index (κ2) is 6.56. The number of halogens is 1. The molecule has 1 saturated heterocycles. The van der Waals surface area contributed by atoms with E-state index in [1.807, 2.05) is 0 Å². The fourth-order valence-electron chi connectivity index (χ4n) is 2.54. The van der Waals surface area contributed by atoms with Crippen molar-refractivity contribution in [1.29, 1.82) is 0 Å². The Morgan fingerprint density at radius 2 is 2.14 bits per heavy atom. The molecule has 1 aliphatic heterocycles. The van der Waals surface area contributed by atoms with Crippen LogP contribution in [0.4, 0.5) is 0 Å². The van der Waals surface area contributed by atoms with Crippen molar-refractivity contribution in [3.05, 3.63) is 35.2 Å². The summed E-state index contributed by atoms with van der Waals surface area (Å²) in [5, 5.41) is 7.54. The molecule has 1 aliphatic rings. The lowest BCUT2D eigenvalue weighted by Crippen LogP contribution is -2.44. The SMILES string of the molecule is Cc1ccc(C)c(-c2nc(C3CNCCN3C)no2)c1.Cl. The van der Waals surface area contributed by atoms with Gasteiger partial charge in [-0.15, -0.1) is 12.4 Å². The van der Waals surface area contributed by atoms with E-state index in [1.165, 1.54) is 5.56 Å². The van der Waals surface area contributed by atoms with E-state index in [0.717, 1.165) is 36.6 Å². The third-order valence-corrected chi connectivity index (χ3v) is 3.87. The lowest BCUT2D eigenvalue weighted by Gasteiger charge is -2.30. The summed E-state index contributed by atoms with van der Waals surface area (Å²) in [6.45, 7) is 7.00. The average molecular weight is 309 g/mol. The van der Waals surface area contributed by atoms with E-state index in [1.54, 1.807) is 0 Å². The minimum absolute atomic E-state index is 0. The predicted molar refractivity (Wildman–Crippen MR) is 84.7 cm³/mol. The van der Waals surface area contributed by atoms with E-state index in [9.17, 15) is 0 Å². The molecule has 5 nitrogen and oxygen atoms in total. The van der Waals surface area contributed by atoms with E-state index < -0.39 is 0 Å². The number of nitrogens with zero attached hydrogens (tertiary/aromatic N) is 3. The molecule has 1 N–H and O–H groups in total. The average Bonchev–Trinajstić information content (AvgIpc) is 2.91. The number of hydrogen-bond donors (Lipinski definition) is 1. The number of aryl methyl sites for hydroxylation is 2. The number of nitrogens with one attached hydrogen (secondary N) is 1. The molecule has 21 heavy (non-hydrogen) atoms. The Morgan fingerprint density at radius 3 is 2.90 bits per heavy atom. The summed E-state index contributed by atoms with van der Waals surface area (Å²) < 4.78 is 5.47. The number of aromatic nitrogens is 2. The highest BCUT2D eigenvalue weighted by atomic mass is 35.5. The summed E-state index contributed by atoms with van der Waals surface area (Å²) in [6.07, 6.45) is 0. The summed E-state index contributed by atoms with van der Waals surface area (Å²) in [5.41, 5.74) is 3.37. The molecule has 1 unspecified atom stereocenters. The van der Waals surface area contributed by atoms with Crippen LogP contribution in [0.3, 0.4) is 0 Å². The first-order valence-electron chi connectivity index (χ1n) is 6.97. The molecule has 0 spiro atoms. The molecule has 1 aromatic heterocycles. The Labute approximate surface area is 131 Å². The maximum Gasteiger partial charge on any atom is 0.258 e. The molecular weight excluding hydrogens is 288 g/mol. The first-order chi connectivity index (χ1) is 9.65. The van der Waals surface area contributed by atoms with E-state index >= 15 is 0 Å². The van der Waals surface area contributed by atoms with Crippen LogP contribution in [0.15, 0.2) is 22.7 Å². The zero-order chi connectivity index (χ0) is 14.1. The van der Waals surface area contributed by atoms with Crippen molar-refractivity contribution in [3.8, 4) is 11.5 Å². The Bertz CT molecular complexity index is 613. The first-order valence-corrected chi connectivity index (χ1v) is 6.97. The van der Waals surface area contributed by atoms with Gasteiger partial charge in [0.25, 0.3) is 5.89 Å². The second-order valence-corrected chi connectivity index (χ2v) is 5.48. The van der Waals surface area contributed by atoms with Crippen LogP contribution >= 0.6 is 12.4 Å². The van der Waals surface area contributed by atoms with Crippen molar-refractivity contribution in [3.63, 3.8) is 0 Å². The third kappa shape index (κ3) is 3.26. The van der Waals surface area contributed by atoms with Gasteiger partial charge in [-0.1, -0.05) is 22.9 Å². The molecule has 2 aromatic rings. The van der Waals surface area contributed by atoms with Gasteiger partial charge in [-0.05, 0) is 32.5 Å². The molecule has 1 aromatic carbocycles. The minimum atomic E-state index is 0. The van der Waals surface area contributed by atoms with Crippen LogP contribution < -0.4 is 5.32 Å². The number of hydrogen-bond acceptors (Lipinski definition) is 5. The highest BCUT2D eigenvalue weighted by Gasteiger charge is 2.25. The second-order valence-electron chi connectivity index (χ2n) is 5.48. The number of likely N-dealkylation sites (N-methyl/N-ethyl adjacent to an activating group) is 1. The van der Waals surface area contributed by atoms with Gasteiger partial charge in [0.2, 0.25) is 0 Å². The van der Waals surface area contributed by atoms with Gasteiger partial charge in [-0.2, -0.15) is 4.98 Å². The Morgan fingerprint density at radius 1 is 1.33 bits per heavy atom. The van der Waals surface area contributed by atoms with E-state index in [2.05, 4.69) is 59.5 Å². The van der Waals surface area contributed by atoms with Gasteiger partial charge in [0.15, 0.2) is 5.82 Å². The van der Waals surface area contributed by atoms with Gasteiger partial charge in [0.05, 0.1) is 6.04 Å². The Balaban J connectivity index is 0.00000161. The van der Waals surface area contributed by atoms with E-state index in [4.69, 9.17) is 4.52 Å². The van der Waals surface area contributed by atoms with Crippen LogP contribution in [0.25, 0.3) is 11.5 Å². The molecule has 0 saturated carbocycles. The van der Waals surface area contributed by atoms with Gasteiger partial charge >= 0.3 is 0 Å². The van der Waals surface area contributed by atoms with Crippen LogP contribution in [-0.2, 0) is 0 Å². The van der Waals surface area contributed by atoms with Crippen molar-refractivity contribution < 1.29 is 4.52 Å². The molecule has 114 valence electrons. The first kappa shape index (κ1) is 15.9. The molecule has 3 rings (SSSR count). The van der Waals surface area contributed by atoms with Crippen molar-refractivity contribution in [2.45, 2.75) is 19.9 Å². The number of rotatable bonds is 2. The normalized spacial score (nSPS) is 19.3. The summed E-state index contributed by atoms with van der Waals surface area (Å²) in [4.78, 5) is 6.86. The largest absolute Gasteiger partial charge is 0.334 e. The van der Waals surface area contributed by atoms with Crippen LogP contribution in [0.2, 0.25) is 0 Å². The van der Waals surface area contributed by atoms with Crippen LogP contribution in [-0.4, -0.2) is 41.7 Å². The topological polar surface area (TPSA) is 54.2 Å². The van der Waals surface area contributed by atoms with Crippen LogP contribution in [0.5, 0.6) is 0 Å². The third-order valence-electron chi connectivity index (χ3n) is 3.87. The van der Waals surface area contributed by atoms with Gasteiger partial charge in [0, 0.05) is 25.2 Å². The fraction of sp³-hybridized carbons (Fsp3) is 0.467. The van der Waals surface area contributed by atoms with Crippen LogP contribution in [0, 0.1) is 13.8 Å². The predicted octanol–water partition coefficient (Wildman–Crippen LogP) is 2.35. The number of piperazine rings is 1. The maximum atomic E-state index is 5.47. The highest BCUT2D eigenvalue weighted by molar-refractivity contribution is 5.85. The smallest absolute Gasteiger partial charge is 0.258 e. The molecule has 0 amide bonds. The van der Waals surface area contributed by atoms with Crippen LogP contribution in [0.1, 0.15) is 23.0 Å².